The van der Waals surface area contributed by atoms with Crippen molar-refractivity contribution in [2.45, 2.75) is 0 Å². The maximum absolute atomic E-state index is 12.6. The monoisotopic (exact) mass is 355 g/mol. The molecule has 2 atom stereocenters. The van der Waals surface area contributed by atoms with Crippen LogP contribution >= 0.6 is 11.3 Å². The highest BCUT2D eigenvalue weighted by Gasteiger charge is 2.52. The second-order valence-electron chi connectivity index (χ2n) is 6.52. The van der Waals surface area contributed by atoms with Gasteiger partial charge in [0.05, 0.1) is 35.7 Å². The maximum Gasteiger partial charge on any atom is 0.263 e. The average molecular weight is 355 g/mol. The Bertz CT molecular complexity index is 800. The second-order valence-corrected chi connectivity index (χ2v) is 7.47. The van der Waals surface area contributed by atoms with Gasteiger partial charge in [-0.05, 0) is 17.5 Å². The number of likely N-dealkylation sites (tertiary alicyclic amines) is 1. The molecule has 0 aromatic carbocycles. The van der Waals surface area contributed by atoms with E-state index in [9.17, 15) is 4.79 Å². The highest BCUT2D eigenvalue weighted by Crippen LogP contribution is 2.42. The molecule has 7 heteroatoms. The fourth-order valence-electron chi connectivity index (χ4n) is 3.50. The minimum atomic E-state index is -0.192. The topological polar surface area (TPSA) is 75.5 Å². The zero-order valence-corrected chi connectivity index (χ0v) is 14.4. The van der Waals surface area contributed by atoms with Crippen molar-refractivity contribution < 1.29 is 14.3 Å². The van der Waals surface area contributed by atoms with E-state index in [1.54, 1.807) is 12.1 Å². The summed E-state index contributed by atoms with van der Waals surface area (Å²) in [5.41, 5.74) is 0.309. The minimum Gasteiger partial charge on any atom is -0.477 e. The molecule has 25 heavy (non-hydrogen) atoms. The first-order chi connectivity index (χ1) is 12.2. The van der Waals surface area contributed by atoms with Crippen molar-refractivity contribution >= 4 is 17.2 Å². The van der Waals surface area contributed by atoms with Crippen LogP contribution in [0.15, 0.2) is 35.8 Å². The van der Waals surface area contributed by atoms with Crippen LogP contribution in [0.25, 0.3) is 0 Å². The summed E-state index contributed by atoms with van der Waals surface area (Å²) in [4.78, 5) is 19.5. The normalized spacial score (nSPS) is 24.8. The molecule has 0 bridgehead atoms. The number of fused-ring (bicyclic) bond motifs is 1. The Kier molecular flexibility index (Phi) is 4.15. The molecule has 0 spiro atoms. The summed E-state index contributed by atoms with van der Waals surface area (Å²) in [6, 6.07) is 9.18. The van der Waals surface area contributed by atoms with E-state index >= 15 is 0 Å². The largest absolute Gasteiger partial charge is 0.477 e. The molecule has 0 radical (unpaired) electrons. The summed E-state index contributed by atoms with van der Waals surface area (Å²) in [7, 11) is 0. The summed E-state index contributed by atoms with van der Waals surface area (Å²) in [5, 5.41) is 10.7. The number of thiophene rings is 1. The van der Waals surface area contributed by atoms with Crippen molar-refractivity contribution in [1.82, 2.24) is 9.88 Å². The predicted octanol–water partition coefficient (Wildman–Crippen LogP) is 2.18. The molecule has 2 aromatic rings. The van der Waals surface area contributed by atoms with Gasteiger partial charge in [-0.15, -0.1) is 11.3 Å². The van der Waals surface area contributed by atoms with E-state index in [1.807, 2.05) is 28.5 Å². The number of nitriles is 1. The first kappa shape index (κ1) is 16.1. The van der Waals surface area contributed by atoms with Crippen LogP contribution < -0.4 is 4.74 Å². The van der Waals surface area contributed by atoms with Crippen molar-refractivity contribution in [3.63, 3.8) is 0 Å². The number of carbonyl (C=O) groups excluding carboxylic acids is 1. The van der Waals surface area contributed by atoms with Crippen LogP contribution in [0.2, 0.25) is 0 Å². The quantitative estimate of drug-likeness (QED) is 0.840. The fourth-order valence-corrected chi connectivity index (χ4v) is 4.19. The predicted molar refractivity (Wildman–Crippen MR) is 91.4 cm³/mol. The van der Waals surface area contributed by atoms with Crippen LogP contribution in [0, 0.1) is 22.7 Å². The summed E-state index contributed by atoms with van der Waals surface area (Å²) < 4.78 is 11.6. The number of ether oxygens (including phenoxy) is 2. The molecule has 4 heterocycles. The number of carbonyl (C=O) groups is 1. The van der Waals surface area contributed by atoms with Gasteiger partial charge in [0.1, 0.15) is 6.07 Å². The van der Waals surface area contributed by atoms with E-state index in [1.165, 1.54) is 17.5 Å². The minimum absolute atomic E-state index is 0.0836. The van der Waals surface area contributed by atoms with E-state index < -0.39 is 0 Å². The summed E-state index contributed by atoms with van der Waals surface area (Å²) in [6.45, 7) is 3.01. The van der Waals surface area contributed by atoms with Gasteiger partial charge in [-0.1, -0.05) is 6.07 Å². The standard InChI is InChI=1S/C18H17N3O3S/c19-6-13-3-4-16(20-7-13)24-12-18-10-21(8-14(18)9-23-11-18)17(22)15-2-1-5-25-15/h1-5,7,14H,8-12H2/t14-,18+/m1/s1. The Morgan fingerprint density at radius 2 is 2.44 bits per heavy atom. The first-order valence-corrected chi connectivity index (χ1v) is 8.98. The van der Waals surface area contributed by atoms with E-state index in [0.717, 1.165) is 4.88 Å². The number of amides is 1. The summed E-state index contributed by atoms with van der Waals surface area (Å²) in [6.07, 6.45) is 1.50. The number of nitrogens with zero attached hydrogens (tertiary/aromatic N) is 3. The molecule has 0 unspecified atom stereocenters. The lowest BCUT2D eigenvalue weighted by Gasteiger charge is -2.26. The van der Waals surface area contributed by atoms with Crippen LogP contribution in [0.4, 0.5) is 0 Å². The molecule has 1 amide bonds. The van der Waals surface area contributed by atoms with Gasteiger partial charge in [0.25, 0.3) is 5.91 Å². The molecule has 0 saturated carbocycles. The second kappa shape index (κ2) is 6.47. The van der Waals surface area contributed by atoms with E-state index in [0.29, 0.717) is 44.4 Å². The zero-order valence-electron chi connectivity index (χ0n) is 13.6. The van der Waals surface area contributed by atoms with Crippen molar-refractivity contribution in [3.8, 4) is 11.9 Å². The van der Waals surface area contributed by atoms with Crippen molar-refractivity contribution in [3.05, 3.63) is 46.3 Å². The molecule has 4 rings (SSSR count). The molecule has 0 aliphatic carbocycles. The Balaban J connectivity index is 1.45. The van der Waals surface area contributed by atoms with Gasteiger partial charge in [0.2, 0.25) is 5.88 Å². The summed E-state index contributed by atoms with van der Waals surface area (Å²) in [5.74, 6) is 0.845. The van der Waals surface area contributed by atoms with Gasteiger partial charge < -0.3 is 14.4 Å². The van der Waals surface area contributed by atoms with Crippen molar-refractivity contribution in [2.75, 3.05) is 32.9 Å². The van der Waals surface area contributed by atoms with Gasteiger partial charge >= 0.3 is 0 Å². The lowest BCUT2D eigenvalue weighted by atomic mass is 9.82. The van der Waals surface area contributed by atoms with Crippen LogP contribution in [-0.4, -0.2) is 48.7 Å². The molecular formula is C18H17N3O3S. The van der Waals surface area contributed by atoms with E-state index in [4.69, 9.17) is 14.7 Å². The van der Waals surface area contributed by atoms with Crippen LogP contribution in [0.3, 0.4) is 0 Å². The van der Waals surface area contributed by atoms with Gasteiger partial charge in [0, 0.05) is 31.3 Å². The van der Waals surface area contributed by atoms with Gasteiger partial charge in [0.15, 0.2) is 0 Å². The number of pyridine rings is 1. The first-order valence-electron chi connectivity index (χ1n) is 8.10. The third-order valence-electron chi connectivity index (χ3n) is 4.91. The third kappa shape index (κ3) is 2.99. The van der Waals surface area contributed by atoms with Gasteiger partial charge in [-0.2, -0.15) is 5.26 Å². The SMILES string of the molecule is N#Cc1ccc(OC[C@]23COC[C@H]2CN(C(=O)c2cccs2)C3)nc1. The highest BCUT2D eigenvalue weighted by molar-refractivity contribution is 7.12. The fraction of sp³-hybridized carbons (Fsp3) is 0.389. The number of hydrogen-bond donors (Lipinski definition) is 0. The molecule has 2 aliphatic heterocycles. The molecule has 2 aliphatic rings. The molecule has 0 N–H and O–H groups in total. The van der Waals surface area contributed by atoms with Crippen LogP contribution in [-0.2, 0) is 4.74 Å². The lowest BCUT2D eigenvalue weighted by molar-refractivity contribution is 0.0659. The molecule has 128 valence electrons. The Morgan fingerprint density at radius 3 is 3.16 bits per heavy atom. The van der Waals surface area contributed by atoms with Crippen LogP contribution in [0.1, 0.15) is 15.2 Å². The molecule has 6 nitrogen and oxygen atoms in total. The molecule has 2 saturated heterocycles. The molecular weight excluding hydrogens is 338 g/mol. The average Bonchev–Trinajstić information content (AvgIpc) is 3.35. The summed E-state index contributed by atoms with van der Waals surface area (Å²) >= 11 is 1.47. The Labute approximate surface area is 149 Å². The molecule has 2 fully saturated rings. The number of hydrogen-bond acceptors (Lipinski definition) is 6. The van der Waals surface area contributed by atoms with Gasteiger partial charge in [-0.25, -0.2) is 4.98 Å². The maximum atomic E-state index is 12.6. The third-order valence-corrected chi connectivity index (χ3v) is 5.77. The molecule has 2 aromatic heterocycles. The number of rotatable bonds is 4. The zero-order chi connectivity index (χ0) is 17.3. The lowest BCUT2D eigenvalue weighted by Crippen LogP contribution is -2.38. The van der Waals surface area contributed by atoms with Crippen molar-refractivity contribution in [2.24, 2.45) is 11.3 Å². The van der Waals surface area contributed by atoms with E-state index in [2.05, 4.69) is 4.98 Å². The smallest absolute Gasteiger partial charge is 0.263 e. The van der Waals surface area contributed by atoms with E-state index in [-0.39, 0.29) is 17.2 Å². The van der Waals surface area contributed by atoms with Crippen LogP contribution in [0.5, 0.6) is 5.88 Å². The Morgan fingerprint density at radius 1 is 1.52 bits per heavy atom. The number of aromatic nitrogens is 1. The van der Waals surface area contributed by atoms with Crippen molar-refractivity contribution in [1.29, 1.82) is 5.26 Å². The highest BCUT2D eigenvalue weighted by atomic mass is 32.1. The Hall–Kier alpha value is -2.43. The van der Waals surface area contributed by atoms with Gasteiger partial charge in [-0.3, -0.25) is 4.79 Å².